The molecule has 1 unspecified atom stereocenters. The Morgan fingerprint density at radius 1 is 1.48 bits per heavy atom. The first-order valence-electron chi connectivity index (χ1n) is 6.41. The molecular formula is C11H14BrN5O3S. The minimum atomic E-state index is -3.71. The molecule has 1 aliphatic rings. The van der Waals surface area contributed by atoms with Gasteiger partial charge < -0.3 is 4.52 Å². The van der Waals surface area contributed by atoms with Crippen LogP contribution in [0.3, 0.4) is 0 Å². The number of hydrogen-bond donors (Lipinski definition) is 0. The highest BCUT2D eigenvalue weighted by molar-refractivity contribution is 9.10. The number of aryl methyl sites for hydroxylation is 2. The Balaban J connectivity index is 2.02. The Kier molecular flexibility index (Phi) is 3.62. The van der Waals surface area contributed by atoms with E-state index in [0.717, 1.165) is 12.1 Å². The zero-order valence-electron chi connectivity index (χ0n) is 11.5. The summed E-state index contributed by atoms with van der Waals surface area (Å²) in [4.78, 5) is 0. The predicted molar refractivity (Wildman–Crippen MR) is 75.8 cm³/mol. The highest BCUT2D eigenvalue weighted by Crippen LogP contribution is 2.37. The third-order valence-electron chi connectivity index (χ3n) is 3.47. The van der Waals surface area contributed by atoms with Crippen molar-refractivity contribution in [2.24, 2.45) is 7.05 Å². The van der Waals surface area contributed by atoms with Crippen molar-refractivity contribution in [3.8, 4) is 0 Å². The zero-order valence-corrected chi connectivity index (χ0v) is 13.9. The maximum Gasteiger partial charge on any atom is 0.263 e. The second-order valence-corrected chi connectivity index (χ2v) is 7.51. The van der Waals surface area contributed by atoms with Crippen LogP contribution in [-0.4, -0.2) is 39.4 Å². The normalized spacial score (nSPS) is 20.2. The quantitative estimate of drug-likeness (QED) is 0.804. The van der Waals surface area contributed by atoms with Gasteiger partial charge in [-0.05, 0) is 35.7 Å². The molecule has 1 saturated heterocycles. The molecule has 0 aromatic carbocycles. The molecule has 1 atom stereocenters. The van der Waals surface area contributed by atoms with Crippen molar-refractivity contribution >= 4 is 26.0 Å². The van der Waals surface area contributed by atoms with Crippen LogP contribution in [0.5, 0.6) is 0 Å². The molecule has 21 heavy (non-hydrogen) atoms. The van der Waals surface area contributed by atoms with Crippen LogP contribution in [0.4, 0.5) is 0 Å². The summed E-state index contributed by atoms with van der Waals surface area (Å²) in [5.41, 5.74) is 0.734. The molecule has 8 nitrogen and oxygen atoms in total. The fourth-order valence-corrected chi connectivity index (χ4v) is 5.26. The predicted octanol–water partition coefficient (Wildman–Crippen LogP) is 1.40. The zero-order chi connectivity index (χ0) is 15.2. The van der Waals surface area contributed by atoms with Gasteiger partial charge in [0.05, 0.1) is 11.7 Å². The van der Waals surface area contributed by atoms with Crippen LogP contribution in [0.2, 0.25) is 0 Å². The van der Waals surface area contributed by atoms with Crippen LogP contribution < -0.4 is 0 Å². The van der Waals surface area contributed by atoms with Crippen molar-refractivity contribution in [3.05, 3.63) is 22.1 Å². The number of rotatable bonds is 3. The summed E-state index contributed by atoms with van der Waals surface area (Å²) in [5.74, 6) is 0.569. The van der Waals surface area contributed by atoms with E-state index in [-0.39, 0.29) is 15.7 Å². The first-order chi connectivity index (χ1) is 9.91. The molecule has 1 aliphatic heterocycles. The molecule has 0 amide bonds. The van der Waals surface area contributed by atoms with Gasteiger partial charge in [-0.1, -0.05) is 10.4 Å². The van der Waals surface area contributed by atoms with E-state index >= 15 is 0 Å². The maximum atomic E-state index is 12.9. The largest absolute Gasteiger partial charge is 0.359 e. The van der Waals surface area contributed by atoms with E-state index in [1.54, 1.807) is 13.1 Å². The van der Waals surface area contributed by atoms with Crippen molar-refractivity contribution in [2.45, 2.75) is 30.8 Å². The van der Waals surface area contributed by atoms with Crippen LogP contribution in [0, 0.1) is 6.92 Å². The van der Waals surface area contributed by atoms with Crippen molar-refractivity contribution in [1.29, 1.82) is 0 Å². The van der Waals surface area contributed by atoms with Crippen molar-refractivity contribution in [2.75, 3.05) is 6.54 Å². The number of aromatic nitrogens is 4. The molecule has 0 spiro atoms. The first kappa shape index (κ1) is 14.7. The van der Waals surface area contributed by atoms with E-state index in [2.05, 4.69) is 31.4 Å². The Labute approximate surface area is 130 Å². The molecule has 3 rings (SSSR count). The molecule has 3 heterocycles. The molecule has 0 N–H and O–H groups in total. The lowest BCUT2D eigenvalue weighted by atomic mass is 10.2. The number of hydrogen-bond acceptors (Lipinski definition) is 6. The SMILES string of the molecule is Cc1cc(C2CCCN2S(=O)(=O)c2c(Br)nnn2C)on1. The molecular weight excluding hydrogens is 362 g/mol. The fraction of sp³-hybridized carbons (Fsp3) is 0.545. The van der Waals surface area contributed by atoms with E-state index in [1.165, 1.54) is 8.99 Å². The lowest BCUT2D eigenvalue weighted by Crippen LogP contribution is -2.32. The van der Waals surface area contributed by atoms with Gasteiger partial charge in [0.25, 0.3) is 10.0 Å². The van der Waals surface area contributed by atoms with Crippen LogP contribution in [0.1, 0.15) is 30.3 Å². The van der Waals surface area contributed by atoms with Crippen molar-refractivity contribution in [1.82, 2.24) is 24.5 Å². The number of nitrogens with zero attached hydrogens (tertiary/aromatic N) is 5. The summed E-state index contributed by atoms with van der Waals surface area (Å²) in [7, 11) is -2.16. The van der Waals surface area contributed by atoms with E-state index in [1.807, 2.05) is 6.92 Å². The Hall–Kier alpha value is -1.26. The summed E-state index contributed by atoms with van der Waals surface area (Å²) >= 11 is 3.14. The van der Waals surface area contributed by atoms with Crippen molar-refractivity contribution in [3.63, 3.8) is 0 Å². The molecule has 0 saturated carbocycles. The second kappa shape index (κ2) is 5.18. The molecule has 2 aromatic heterocycles. The van der Waals surface area contributed by atoms with Crippen molar-refractivity contribution < 1.29 is 12.9 Å². The van der Waals surface area contributed by atoms with Gasteiger partial charge in [0.15, 0.2) is 10.4 Å². The summed E-state index contributed by atoms with van der Waals surface area (Å²) in [6.45, 7) is 2.24. The van der Waals surface area contributed by atoms with Gasteiger partial charge in [-0.15, -0.1) is 5.10 Å². The number of sulfonamides is 1. The maximum absolute atomic E-state index is 12.9. The fourth-order valence-electron chi connectivity index (χ4n) is 2.56. The summed E-state index contributed by atoms with van der Waals surface area (Å²) in [5, 5.41) is 11.4. The molecule has 0 aliphatic carbocycles. The average Bonchev–Trinajstić information content (AvgIpc) is 3.09. The third kappa shape index (κ3) is 2.40. The average molecular weight is 376 g/mol. The lowest BCUT2D eigenvalue weighted by molar-refractivity contribution is 0.296. The van der Waals surface area contributed by atoms with Gasteiger partial charge in [-0.3, -0.25) is 0 Å². The molecule has 1 fully saturated rings. The molecule has 10 heteroatoms. The third-order valence-corrected chi connectivity index (χ3v) is 6.27. The minimum absolute atomic E-state index is 0.0469. The van der Waals surface area contributed by atoms with E-state index in [4.69, 9.17) is 4.52 Å². The van der Waals surface area contributed by atoms with E-state index in [9.17, 15) is 8.42 Å². The minimum Gasteiger partial charge on any atom is -0.359 e. The highest BCUT2D eigenvalue weighted by Gasteiger charge is 2.41. The van der Waals surface area contributed by atoms with Gasteiger partial charge in [-0.25, -0.2) is 13.1 Å². The molecule has 0 radical (unpaired) electrons. The summed E-state index contributed by atoms with van der Waals surface area (Å²) < 4.78 is 33.9. The Morgan fingerprint density at radius 3 is 2.81 bits per heavy atom. The second-order valence-electron chi connectivity index (χ2n) is 4.95. The van der Waals surface area contributed by atoms with Gasteiger partial charge in [0.2, 0.25) is 5.03 Å². The van der Waals surface area contributed by atoms with Crippen LogP contribution >= 0.6 is 15.9 Å². The van der Waals surface area contributed by atoms with E-state index < -0.39 is 10.0 Å². The standard InChI is InChI=1S/C11H14BrN5O3S/c1-7-6-9(20-14-7)8-4-3-5-17(8)21(18,19)11-10(12)13-15-16(11)2/h6,8H,3-5H2,1-2H3. The summed E-state index contributed by atoms with van der Waals surface area (Å²) in [6, 6.07) is 1.44. The smallest absolute Gasteiger partial charge is 0.263 e. The van der Waals surface area contributed by atoms with Gasteiger partial charge >= 0.3 is 0 Å². The first-order valence-corrected chi connectivity index (χ1v) is 8.65. The van der Waals surface area contributed by atoms with Crippen LogP contribution in [0.15, 0.2) is 20.2 Å². The van der Waals surface area contributed by atoms with Gasteiger partial charge in [-0.2, -0.15) is 4.31 Å². The molecule has 0 bridgehead atoms. The van der Waals surface area contributed by atoms with Gasteiger partial charge in [0, 0.05) is 19.7 Å². The Bertz CT molecular complexity index is 749. The van der Waals surface area contributed by atoms with Gasteiger partial charge in [0.1, 0.15) is 0 Å². The molecule has 2 aromatic rings. The lowest BCUT2D eigenvalue weighted by Gasteiger charge is -2.21. The number of halogens is 1. The van der Waals surface area contributed by atoms with Crippen LogP contribution in [0.25, 0.3) is 0 Å². The van der Waals surface area contributed by atoms with Crippen LogP contribution in [-0.2, 0) is 17.1 Å². The highest BCUT2D eigenvalue weighted by atomic mass is 79.9. The topological polar surface area (TPSA) is 94.1 Å². The van der Waals surface area contributed by atoms with E-state index in [0.29, 0.717) is 18.7 Å². The Morgan fingerprint density at radius 2 is 2.24 bits per heavy atom. The molecule has 114 valence electrons. The summed E-state index contributed by atoms with van der Waals surface area (Å²) in [6.07, 6.45) is 1.48. The monoisotopic (exact) mass is 375 g/mol.